The van der Waals surface area contributed by atoms with E-state index in [9.17, 15) is 13.6 Å². The molecule has 7 heteroatoms. The molecular weight excluding hydrogens is 378 g/mol. The van der Waals surface area contributed by atoms with Gasteiger partial charge in [0, 0.05) is 32.3 Å². The minimum Gasteiger partial charge on any atom is -0.407 e. The Kier molecular flexibility index (Phi) is 9.54. The SMILES string of the molecule is C=CCN(C)CCCCOC1CCC(N(C)C(=O)Oc2ccc(F)cc2F)CC1. The summed E-state index contributed by atoms with van der Waals surface area (Å²) in [6, 6.07) is 2.91. The van der Waals surface area contributed by atoms with E-state index in [-0.39, 0.29) is 17.9 Å². The van der Waals surface area contributed by atoms with Gasteiger partial charge in [0.25, 0.3) is 0 Å². The molecule has 1 saturated carbocycles. The van der Waals surface area contributed by atoms with Gasteiger partial charge in [0.05, 0.1) is 6.10 Å². The van der Waals surface area contributed by atoms with Gasteiger partial charge >= 0.3 is 6.09 Å². The third-order valence-electron chi connectivity index (χ3n) is 5.30. The molecule has 0 bridgehead atoms. The van der Waals surface area contributed by atoms with E-state index in [0.29, 0.717) is 6.07 Å². The number of hydrogen-bond acceptors (Lipinski definition) is 4. The van der Waals surface area contributed by atoms with Crippen LogP contribution in [0.3, 0.4) is 0 Å². The Morgan fingerprint density at radius 3 is 2.59 bits per heavy atom. The Morgan fingerprint density at radius 1 is 1.21 bits per heavy atom. The highest BCUT2D eigenvalue weighted by molar-refractivity contribution is 5.70. The molecule has 0 unspecified atom stereocenters. The molecule has 0 saturated heterocycles. The van der Waals surface area contributed by atoms with Crippen LogP contribution >= 0.6 is 0 Å². The van der Waals surface area contributed by atoms with E-state index in [1.54, 1.807) is 7.05 Å². The molecule has 0 spiro atoms. The van der Waals surface area contributed by atoms with Crippen LogP contribution in [0.25, 0.3) is 0 Å². The monoisotopic (exact) mass is 410 g/mol. The van der Waals surface area contributed by atoms with Crippen molar-refractivity contribution in [1.82, 2.24) is 9.80 Å². The third-order valence-corrected chi connectivity index (χ3v) is 5.30. The van der Waals surface area contributed by atoms with Crippen molar-refractivity contribution < 1.29 is 23.0 Å². The number of carbonyl (C=O) groups is 1. The number of likely N-dealkylation sites (N-methyl/N-ethyl adjacent to an activating group) is 1. The summed E-state index contributed by atoms with van der Waals surface area (Å²) in [6.45, 7) is 6.41. The number of ether oxygens (including phenoxy) is 2. The molecule has 5 nitrogen and oxygen atoms in total. The zero-order valence-electron chi connectivity index (χ0n) is 17.4. The second kappa shape index (κ2) is 11.9. The van der Waals surface area contributed by atoms with Gasteiger partial charge in [0.1, 0.15) is 5.82 Å². The van der Waals surface area contributed by atoms with Crippen LogP contribution < -0.4 is 4.74 Å². The topological polar surface area (TPSA) is 42.0 Å². The highest BCUT2D eigenvalue weighted by atomic mass is 19.1. The van der Waals surface area contributed by atoms with E-state index in [1.807, 2.05) is 6.08 Å². The number of halogens is 2. The summed E-state index contributed by atoms with van der Waals surface area (Å²) in [7, 11) is 3.73. The first kappa shape index (κ1) is 23.3. The lowest BCUT2D eigenvalue weighted by atomic mass is 9.92. The molecule has 0 atom stereocenters. The minimum atomic E-state index is -0.889. The quantitative estimate of drug-likeness (QED) is 0.417. The number of benzene rings is 1. The summed E-state index contributed by atoms with van der Waals surface area (Å²) in [5, 5.41) is 0. The van der Waals surface area contributed by atoms with Gasteiger partial charge in [-0.25, -0.2) is 13.6 Å². The Hall–Kier alpha value is -1.99. The number of nitrogens with zero attached hydrogens (tertiary/aromatic N) is 2. The molecule has 1 aliphatic carbocycles. The van der Waals surface area contributed by atoms with E-state index in [1.165, 1.54) is 4.90 Å². The molecule has 0 radical (unpaired) electrons. The van der Waals surface area contributed by atoms with Gasteiger partial charge in [0.2, 0.25) is 0 Å². The van der Waals surface area contributed by atoms with Gasteiger partial charge in [-0.2, -0.15) is 0 Å². The lowest BCUT2D eigenvalue weighted by molar-refractivity contribution is 0.0101. The highest BCUT2D eigenvalue weighted by Gasteiger charge is 2.28. The lowest BCUT2D eigenvalue weighted by Crippen LogP contribution is -2.42. The second-order valence-corrected chi connectivity index (χ2v) is 7.61. The summed E-state index contributed by atoms with van der Waals surface area (Å²) in [4.78, 5) is 16.0. The van der Waals surface area contributed by atoms with Crippen molar-refractivity contribution in [3.63, 3.8) is 0 Å². The van der Waals surface area contributed by atoms with Crippen molar-refractivity contribution in [3.8, 4) is 5.75 Å². The fraction of sp³-hybridized carbons (Fsp3) is 0.591. The molecule has 0 aliphatic heterocycles. The molecule has 1 fully saturated rings. The van der Waals surface area contributed by atoms with Gasteiger partial charge in [-0.05, 0) is 64.3 Å². The van der Waals surface area contributed by atoms with Crippen LogP contribution in [0.4, 0.5) is 13.6 Å². The van der Waals surface area contributed by atoms with E-state index >= 15 is 0 Å². The summed E-state index contributed by atoms with van der Waals surface area (Å²) >= 11 is 0. The predicted molar refractivity (Wildman–Crippen MR) is 109 cm³/mol. The average molecular weight is 411 g/mol. The average Bonchev–Trinajstić information content (AvgIpc) is 2.70. The maximum atomic E-state index is 13.7. The van der Waals surface area contributed by atoms with Crippen molar-refractivity contribution in [1.29, 1.82) is 0 Å². The fourth-order valence-electron chi connectivity index (χ4n) is 3.52. The van der Waals surface area contributed by atoms with Crippen molar-refractivity contribution >= 4 is 6.09 Å². The number of hydrogen-bond donors (Lipinski definition) is 0. The lowest BCUT2D eigenvalue weighted by Gasteiger charge is -2.34. The van der Waals surface area contributed by atoms with Crippen molar-refractivity contribution in [2.75, 3.05) is 33.8 Å². The molecule has 29 heavy (non-hydrogen) atoms. The van der Waals surface area contributed by atoms with Crippen LogP contribution in [-0.4, -0.2) is 61.8 Å². The number of amides is 1. The van der Waals surface area contributed by atoms with Crippen molar-refractivity contribution in [2.24, 2.45) is 0 Å². The predicted octanol–water partition coefficient (Wildman–Crippen LogP) is 4.62. The van der Waals surface area contributed by atoms with Crippen LogP contribution in [0.1, 0.15) is 38.5 Å². The van der Waals surface area contributed by atoms with Crippen LogP contribution in [0, 0.1) is 11.6 Å². The largest absolute Gasteiger partial charge is 0.415 e. The second-order valence-electron chi connectivity index (χ2n) is 7.61. The summed E-state index contributed by atoms with van der Waals surface area (Å²) in [5.74, 6) is -1.86. The first-order valence-corrected chi connectivity index (χ1v) is 10.2. The van der Waals surface area contributed by atoms with Crippen LogP contribution in [-0.2, 0) is 4.74 Å². The van der Waals surface area contributed by atoms with E-state index < -0.39 is 17.7 Å². The third kappa shape index (κ3) is 7.74. The van der Waals surface area contributed by atoms with Gasteiger partial charge in [-0.15, -0.1) is 6.58 Å². The molecule has 2 rings (SSSR count). The highest BCUT2D eigenvalue weighted by Crippen LogP contribution is 2.26. The van der Waals surface area contributed by atoms with E-state index in [0.717, 1.165) is 70.4 Å². The maximum absolute atomic E-state index is 13.7. The minimum absolute atomic E-state index is 0.0263. The van der Waals surface area contributed by atoms with Crippen molar-refractivity contribution in [3.05, 3.63) is 42.5 Å². The van der Waals surface area contributed by atoms with Crippen LogP contribution in [0.2, 0.25) is 0 Å². The summed E-state index contributed by atoms with van der Waals surface area (Å²) < 4.78 is 37.7. The van der Waals surface area contributed by atoms with E-state index in [4.69, 9.17) is 9.47 Å². The number of unbranched alkanes of at least 4 members (excludes halogenated alkanes) is 1. The molecule has 1 aromatic carbocycles. The summed E-state index contributed by atoms with van der Waals surface area (Å²) in [6.07, 6.45) is 6.98. The zero-order chi connectivity index (χ0) is 21.2. The van der Waals surface area contributed by atoms with Crippen LogP contribution in [0.15, 0.2) is 30.9 Å². The Labute approximate surface area is 172 Å². The standard InChI is InChI=1S/C22H32F2N2O3/c1-4-13-25(2)14-5-6-15-28-19-10-8-18(9-11-19)26(3)22(27)29-21-12-7-17(23)16-20(21)24/h4,7,12,16,18-19H,1,5-6,8-11,13-15H2,2-3H3. The maximum Gasteiger partial charge on any atom is 0.415 e. The van der Waals surface area contributed by atoms with Crippen molar-refractivity contribution in [2.45, 2.75) is 50.7 Å². The Morgan fingerprint density at radius 2 is 1.93 bits per heavy atom. The number of carbonyl (C=O) groups excluding carboxylic acids is 1. The first-order chi connectivity index (χ1) is 13.9. The molecule has 0 N–H and O–H groups in total. The molecule has 0 aromatic heterocycles. The van der Waals surface area contributed by atoms with Gasteiger partial charge in [0.15, 0.2) is 11.6 Å². The molecule has 0 heterocycles. The van der Waals surface area contributed by atoms with Gasteiger partial charge < -0.3 is 19.3 Å². The molecule has 1 aliphatic rings. The molecule has 1 amide bonds. The Bertz CT molecular complexity index is 663. The van der Waals surface area contributed by atoms with Gasteiger partial charge in [-0.1, -0.05) is 6.08 Å². The smallest absolute Gasteiger partial charge is 0.407 e. The molecule has 162 valence electrons. The first-order valence-electron chi connectivity index (χ1n) is 10.2. The summed E-state index contributed by atoms with van der Waals surface area (Å²) in [5.41, 5.74) is 0. The Balaban J connectivity index is 1.66. The number of rotatable bonds is 10. The van der Waals surface area contributed by atoms with Gasteiger partial charge in [-0.3, -0.25) is 0 Å². The zero-order valence-corrected chi connectivity index (χ0v) is 17.4. The van der Waals surface area contributed by atoms with E-state index in [2.05, 4.69) is 18.5 Å². The molecular formula is C22H32F2N2O3. The van der Waals surface area contributed by atoms with Crippen LogP contribution in [0.5, 0.6) is 5.75 Å². The fourth-order valence-corrected chi connectivity index (χ4v) is 3.52. The molecule has 1 aromatic rings. The normalized spacial score (nSPS) is 19.2.